The van der Waals surface area contributed by atoms with Crippen LogP contribution in [0.2, 0.25) is 0 Å². The Hall–Kier alpha value is -1.97. The molecule has 0 unspecified atom stereocenters. The highest BCUT2D eigenvalue weighted by Gasteiger charge is 2.11. The second-order valence-corrected chi connectivity index (χ2v) is 5.60. The van der Waals surface area contributed by atoms with Crippen molar-refractivity contribution >= 4 is 5.69 Å². The van der Waals surface area contributed by atoms with E-state index in [1.165, 1.54) is 5.56 Å². The number of hydrogen-bond acceptors (Lipinski definition) is 3. The van der Waals surface area contributed by atoms with Crippen LogP contribution in [-0.2, 0) is 13.6 Å². The summed E-state index contributed by atoms with van der Waals surface area (Å²) in [5.74, 6) is 1.35. The van der Waals surface area contributed by atoms with Crippen molar-refractivity contribution in [2.24, 2.45) is 7.05 Å². The zero-order valence-corrected chi connectivity index (χ0v) is 13.4. The summed E-state index contributed by atoms with van der Waals surface area (Å²) in [5.41, 5.74) is 3.47. The van der Waals surface area contributed by atoms with Gasteiger partial charge >= 0.3 is 0 Å². The van der Waals surface area contributed by atoms with Crippen LogP contribution in [0.4, 0.5) is 5.69 Å². The van der Waals surface area contributed by atoms with Gasteiger partial charge < -0.3 is 10.1 Å². The maximum atomic E-state index is 5.66. The van der Waals surface area contributed by atoms with Crippen LogP contribution in [0.1, 0.15) is 44.4 Å². The van der Waals surface area contributed by atoms with Gasteiger partial charge in [-0.05, 0) is 24.5 Å². The van der Waals surface area contributed by atoms with Gasteiger partial charge in [-0.25, -0.2) is 0 Å². The fourth-order valence-electron chi connectivity index (χ4n) is 2.29. The van der Waals surface area contributed by atoms with E-state index in [0.29, 0.717) is 5.92 Å². The first-order valence-electron chi connectivity index (χ1n) is 7.59. The molecule has 2 rings (SSSR count). The first kappa shape index (κ1) is 15.4. The molecule has 1 heterocycles. The Labute approximate surface area is 127 Å². The van der Waals surface area contributed by atoms with E-state index in [0.717, 1.165) is 36.7 Å². The van der Waals surface area contributed by atoms with Crippen molar-refractivity contribution in [1.29, 1.82) is 0 Å². The lowest BCUT2D eigenvalue weighted by Gasteiger charge is -2.10. The first-order chi connectivity index (χ1) is 10.1. The third-order valence-electron chi connectivity index (χ3n) is 3.27. The van der Waals surface area contributed by atoms with Crippen LogP contribution in [0.3, 0.4) is 0 Å². The summed E-state index contributed by atoms with van der Waals surface area (Å²) in [7, 11) is 1.97. The van der Waals surface area contributed by atoms with Crippen molar-refractivity contribution in [3.05, 3.63) is 41.7 Å². The Morgan fingerprint density at radius 1 is 1.33 bits per heavy atom. The summed E-state index contributed by atoms with van der Waals surface area (Å²) >= 11 is 0. The molecule has 0 amide bonds. The van der Waals surface area contributed by atoms with E-state index in [-0.39, 0.29) is 0 Å². The van der Waals surface area contributed by atoms with Crippen LogP contribution in [-0.4, -0.2) is 16.4 Å². The molecule has 0 aliphatic rings. The standard InChI is InChI=1S/C17H25N3O/c1-5-9-21-16-8-6-7-15(10-16)18-11-14-12-20(4)19-17(14)13(2)3/h6-8,10,12-13,18H,5,9,11H2,1-4H3. The molecule has 1 aromatic carbocycles. The Morgan fingerprint density at radius 2 is 2.14 bits per heavy atom. The molecular formula is C17H25N3O. The van der Waals surface area contributed by atoms with Gasteiger partial charge in [-0.3, -0.25) is 4.68 Å². The number of aromatic nitrogens is 2. The average molecular weight is 287 g/mol. The number of nitrogens with zero attached hydrogens (tertiary/aromatic N) is 2. The Balaban J connectivity index is 2.03. The molecule has 0 aliphatic carbocycles. The van der Waals surface area contributed by atoms with Gasteiger partial charge in [-0.1, -0.05) is 26.8 Å². The molecule has 4 heteroatoms. The van der Waals surface area contributed by atoms with E-state index >= 15 is 0 Å². The third-order valence-corrected chi connectivity index (χ3v) is 3.27. The number of hydrogen-bond donors (Lipinski definition) is 1. The van der Waals surface area contributed by atoms with Gasteiger partial charge in [0.25, 0.3) is 0 Å². The summed E-state index contributed by atoms with van der Waals surface area (Å²) in [6, 6.07) is 8.11. The molecule has 2 aromatic rings. The van der Waals surface area contributed by atoms with E-state index in [2.05, 4.69) is 43.4 Å². The Kier molecular flexibility index (Phi) is 5.26. The lowest BCUT2D eigenvalue weighted by Crippen LogP contribution is -2.03. The molecule has 4 nitrogen and oxygen atoms in total. The molecule has 0 bridgehead atoms. The fourth-order valence-corrected chi connectivity index (χ4v) is 2.29. The van der Waals surface area contributed by atoms with Gasteiger partial charge in [-0.2, -0.15) is 5.10 Å². The van der Waals surface area contributed by atoms with Crippen molar-refractivity contribution in [2.45, 2.75) is 39.7 Å². The summed E-state index contributed by atoms with van der Waals surface area (Å²) in [6.07, 6.45) is 3.10. The predicted molar refractivity (Wildman–Crippen MR) is 86.9 cm³/mol. The Bertz CT molecular complexity index is 575. The van der Waals surface area contributed by atoms with Crippen LogP contribution in [0.25, 0.3) is 0 Å². The maximum absolute atomic E-state index is 5.66. The number of nitrogens with one attached hydrogen (secondary N) is 1. The number of aryl methyl sites for hydroxylation is 1. The lowest BCUT2D eigenvalue weighted by atomic mass is 10.1. The number of rotatable bonds is 7. The van der Waals surface area contributed by atoms with Gasteiger partial charge in [0.2, 0.25) is 0 Å². The van der Waals surface area contributed by atoms with Crippen LogP contribution < -0.4 is 10.1 Å². The average Bonchev–Trinajstić information content (AvgIpc) is 2.85. The third kappa shape index (κ3) is 4.25. The molecule has 0 radical (unpaired) electrons. The topological polar surface area (TPSA) is 39.1 Å². The van der Waals surface area contributed by atoms with Crippen LogP contribution in [0, 0.1) is 0 Å². The van der Waals surface area contributed by atoms with Crippen molar-refractivity contribution < 1.29 is 4.74 Å². The van der Waals surface area contributed by atoms with Crippen molar-refractivity contribution in [3.8, 4) is 5.75 Å². The molecular weight excluding hydrogens is 262 g/mol. The maximum Gasteiger partial charge on any atom is 0.121 e. The van der Waals surface area contributed by atoms with Crippen molar-refractivity contribution in [2.75, 3.05) is 11.9 Å². The second kappa shape index (κ2) is 7.16. The van der Waals surface area contributed by atoms with E-state index in [1.807, 2.05) is 29.9 Å². The minimum absolute atomic E-state index is 0.433. The predicted octanol–water partition coefficient (Wildman–Crippen LogP) is 3.94. The molecule has 0 atom stereocenters. The van der Waals surface area contributed by atoms with E-state index in [9.17, 15) is 0 Å². The summed E-state index contributed by atoms with van der Waals surface area (Å²) < 4.78 is 7.54. The highest BCUT2D eigenvalue weighted by molar-refractivity contribution is 5.48. The highest BCUT2D eigenvalue weighted by Crippen LogP contribution is 2.21. The molecule has 0 aliphatic heterocycles. The number of anilines is 1. The molecule has 1 N–H and O–H groups in total. The zero-order valence-electron chi connectivity index (χ0n) is 13.4. The van der Waals surface area contributed by atoms with Crippen LogP contribution >= 0.6 is 0 Å². The molecule has 114 valence electrons. The summed E-state index contributed by atoms with van der Waals surface area (Å²) in [5, 5.41) is 7.99. The molecule has 0 fully saturated rings. The molecule has 0 saturated carbocycles. The zero-order chi connectivity index (χ0) is 15.2. The molecule has 0 spiro atoms. The minimum atomic E-state index is 0.433. The largest absolute Gasteiger partial charge is 0.494 e. The second-order valence-electron chi connectivity index (χ2n) is 5.60. The van der Waals surface area contributed by atoms with Gasteiger partial charge in [0.05, 0.1) is 12.3 Å². The van der Waals surface area contributed by atoms with Gasteiger partial charge in [0.1, 0.15) is 5.75 Å². The molecule has 1 aromatic heterocycles. The monoisotopic (exact) mass is 287 g/mol. The number of ether oxygens (including phenoxy) is 1. The summed E-state index contributed by atoms with van der Waals surface area (Å²) in [4.78, 5) is 0. The molecule has 21 heavy (non-hydrogen) atoms. The van der Waals surface area contributed by atoms with Gasteiger partial charge in [0, 0.05) is 37.1 Å². The van der Waals surface area contributed by atoms with E-state index in [4.69, 9.17) is 4.74 Å². The van der Waals surface area contributed by atoms with Crippen LogP contribution in [0.15, 0.2) is 30.5 Å². The minimum Gasteiger partial charge on any atom is -0.494 e. The number of benzene rings is 1. The first-order valence-corrected chi connectivity index (χ1v) is 7.59. The van der Waals surface area contributed by atoms with Crippen molar-refractivity contribution in [1.82, 2.24) is 9.78 Å². The fraction of sp³-hybridized carbons (Fsp3) is 0.471. The normalized spacial score (nSPS) is 10.9. The quantitative estimate of drug-likeness (QED) is 0.838. The van der Waals surface area contributed by atoms with Gasteiger partial charge in [0.15, 0.2) is 0 Å². The van der Waals surface area contributed by atoms with Crippen LogP contribution in [0.5, 0.6) is 5.75 Å². The van der Waals surface area contributed by atoms with E-state index in [1.54, 1.807) is 0 Å². The lowest BCUT2D eigenvalue weighted by molar-refractivity contribution is 0.317. The molecule has 0 saturated heterocycles. The van der Waals surface area contributed by atoms with Gasteiger partial charge in [-0.15, -0.1) is 0 Å². The SMILES string of the molecule is CCCOc1cccc(NCc2cn(C)nc2C(C)C)c1. The smallest absolute Gasteiger partial charge is 0.121 e. The highest BCUT2D eigenvalue weighted by atomic mass is 16.5. The Morgan fingerprint density at radius 3 is 2.86 bits per heavy atom. The van der Waals surface area contributed by atoms with E-state index < -0.39 is 0 Å². The van der Waals surface area contributed by atoms with Crippen molar-refractivity contribution in [3.63, 3.8) is 0 Å². The summed E-state index contributed by atoms with van der Waals surface area (Å²) in [6.45, 7) is 7.98.